The van der Waals surface area contributed by atoms with Crippen molar-refractivity contribution in [2.24, 2.45) is 0 Å². The molecule has 0 aliphatic rings. The molecule has 4 N–H and O–H groups in total. The van der Waals surface area contributed by atoms with Gasteiger partial charge in [-0.05, 0) is 90.0 Å². The maximum atomic E-state index is 12.0. The first-order chi connectivity index (χ1) is 16.9. The van der Waals surface area contributed by atoms with Gasteiger partial charge in [0.1, 0.15) is 0 Å². The SMILES string of the molecule is CCN(CC)CC(=O)Nc1c(C)cc(C)cc1C.CCN(CC)CC(=O)Nc1c(C)cc(C)cc1C.Cl.O. The quantitative estimate of drug-likeness (QED) is 0.415. The number of anilines is 2. The van der Waals surface area contributed by atoms with E-state index in [0.717, 1.165) is 59.8 Å². The molecule has 0 fully saturated rings. The molecule has 0 unspecified atom stereocenters. The summed E-state index contributed by atoms with van der Waals surface area (Å²) in [6.07, 6.45) is 0. The zero-order valence-corrected chi connectivity index (χ0v) is 26.0. The molecule has 0 radical (unpaired) electrons. The largest absolute Gasteiger partial charge is 0.412 e. The van der Waals surface area contributed by atoms with Gasteiger partial charge in [0.15, 0.2) is 0 Å². The Morgan fingerprint density at radius 2 is 0.816 bits per heavy atom. The predicted molar refractivity (Wildman–Crippen MR) is 165 cm³/mol. The molecule has 0 aliphatic heterocycles. The molecule has 216 valence electrons. The van der Waals surface area contributed by atoms with E-state index >= 15 is 0 Å². The molecular weight excluding hydrogens is 500 g/mol. The van der Waals surface area contributed by atoms with Crippen molar-refractivity contribution in [1.82, 2.24) is 9.80 Å². The summed E-state index contributed by atoms with van der Waals surface area (Å²) >= 11 is 0. The van der Waals surface area contributed by atoms with E-state index in [1.54, 1.807) is 0 Å². The van der Waals surface area contributed by atoms with Crippen LogP contribution in [-0.2, 0) is 9.59 Å². The average Bonchev–Trinajstić information content (AvgIpc) is 2.81. The number of benzene rings is 2. The fourth-order valence-electron chi connectivity index (χ4n) is 4.41. The molecule has 7 nitrogen and oxygen atoms in total. The van der Waals surface area contributed by atoms with Crippen LogP contribution >= 0.6 is 12.4 Å². The van der Waals surface area contributed by atoms with Crippen LogP contribution in [0.5, 0.6) is 0 Å². The summed E-state index contributed by atoms with van der Waals surface area (Å²) in [7, 11) is 0. The van der Waals surface area contributed by atoms with Gasteiger partial charge in [-0.1, -0.05) is 63.1 Å². The third-order valence-corrected chi connectivity index (χ3v) is 6.41. The molecule has 2 aromatic rings. The summed E-state index contributed by atoms with van der Waals surface area (Å²) < 4.78 is 0. The van der Waals surface area contributed by atoms with Crippen LogP contribution in [-0.4, -0.2) is 66.4 Å². The Morgan fingerprint density at radius 1 is 0.579 bits per heavy atom. The number of aryl methyl sites for hydroxylation is 6. The smallest absolute Gasteiger partial charge is 0.238 e. The molecule has 2 rings (SSSR count). The summed E-state index contributed by atoms with van der Waals surface area (Å²) in [4.78, 5) is 28.2. The fraction of sp³-hybridized carbons (Fsp3) is 0.533. The maximum absolute atomic E-state index is 12.0. The molecule has 0 saturated heterocycles. The molecular formula is C30H51ClN4O3. The standard InChI is InChI=1S/2C15H24N2O.ClH.H2O/c2*1-6-17(7-2)10-14(18)16-15-12(4)8-11(3)9-13(15)5;;/h2*8-9H,6-7,10H2,1-5H3,(H,16,18);1H;1H2. The van der Waals surface area contributed by atoms with E-state index in [4.69, 9.17) is 0 Å². The van der Waals surface area contributed by atoms with Crippen LogP contribution in [0.3, 0.4) is 0 Å². The number of carbonyl (C=O) groups excluding carboxylic acids is 2. The van der Waals surface area contributed by atoms with Gasteiger partial charge in [-0.25, -0.2) is 0 Å². The number of halogens is 1. The molecule has 0 heterocycles. The summed E-state index contributed by atoms with van der Waals surface area (Å²) in [6.45, 7) is 25.1. The second kappa shape index (κ2) is 18.7. The van der Waals surface area contributed by atoms with Gasteiger partial charge < -0.3 is 16.1 Å². The topological polar surface area (TPSA) is 96.2 Å². The average molecular weight is 551 g/mol. The van der Waals surface area contributed by atoms with E-state index in [-0.39, 0.29) is 29.7 Å². The Morgan fingerprint density at radius 3 is 1.03 bits per heavy atom. The lowest BCUT2D eigenvalue weighted by atomic mass is 10.1. The molecule has 38 heavy (non-hydrogen) atoms. The molecule has 0 bridgehead atoms. The number of nitrogens with zero attached hydrogens (tertiary/aromatic N) is 2. The van der Waals surface area contributed by atoms with Gasteiger partial charge in [0.25, 0.3) is 0 Å². The highest BCUT2D eigenvalue weighted by Crippen LogP contribution is 2.22. The van der Waals surface area contributed by atoms with Gasteiger partial charge in [-0.3, -0.25) is 19.4 Å². The highest BCUT2D eigenvalue weighted by atomic mass is 35.5. The van der Waals surface area contributed by atoms with Crippen molar-refractivity contribution in [3.8, 4) is 0 Å². The highest BCUT2D eigenvalue weighted by molar-refractivity contribution is 5.94. The first kappa shape index (κ1) is 37.7. The highest BCUT2D eigenvalue weighted by Gasteiger charge is 2.12. The van der Waals surface area contributed by atoms with Crippen molar-refractivity contribution in [1.29, 1.82) is 0 Å². The Bertz CT molecular complexity index is 891. The predicted octanol–water partition coefficient (Wildman–Crippen LogP) is 5.38. The molecule has 2 aromatic carbocycles. The molecule has 0 atom stereocenters. The van der Waals surface area contributed by atoms with Gasteiger partial charge >= 0.3 is 0 Å². The molecule has 0 aromatic heterocycles. The molecule has 0 spiro atoms. The van der Waals surface area contributed by atoms with Gasteiger partial charge in [-0.15, -0.1) is 12.4 Å². The van der Waals surface area contributed by atoms with E-state index < -0.39 is 0 Å². The third-order valence-electron chi connectivity index (χ3n) is 6.41. The number of likely N-dealkylation sites (N-methyl/N-ethyl adjacent to an activating group) is 2. The lowest BCUT2D eigenvalue weighted by Crippen LogP contribution is -2.33. The Hall–Kier alpha value is -2.45. The van der Waals surface area contributed by atoms with Crippen LogP contribution in [0.1, 0.15) is 61.1 Å². The zero-order chi connectivity index (χ0) is 27.4. The van der Waals surface area contributed by atoms with Crippen LogP contribution in [0.15, 0.2) is 24.3 Å². The lowest BCUT2D eigenvalue weighted by Gasteiger charge is -2.19. The minimum atomic E-state index is 0. The maximum Gasteiger partial charge on any atom is 0.238 e. The van der Waals surface area contributed by atoms with E-state index in [0.29, 0.717) is 13.1 Å². The van der Waals surface area contributed by atoms with E-state index in [2.05, 4.69) is 86.2 Å². The van der Waals surface area contributed by atoms with Crippen molar-refractivity contribution in [3.05, 3.63) is 57.6 Å². The Kier molecular flexibility index (Phi) is 18.6. The van der Waals surface area contributed by atoms with Crippen LogP contribution < -0.4 is 10.6 Å². The van der Waals surface area contributed by atoms with Crippen molar-refractivity contribution in [2.75, 3.05) is 49.9 Å². The van der Waals surface area contributed by atoms with Crippen molar-refractivity contribution in [2.45, 2.75) is 69.2 Å². The minimum Gasteiger partial charge on any atom is -0.412 e. The first-order valence-corrected chi connectivity index (χ1v) is 13.2. The number of rotatable bonds is 10. The fourth-order valence-corrected chi connectivity index (χ4v) is 4.41. The van der Waals surface area contributed by atoms with Gasteiger partial charge in [0.05, 0.1) is 13.1 Å². The van der Waals surface area contributed by atoms with Crippen LogP contribution in [0, 0.1) is 41.5 Å². The second-order valence-corrected chi connectivity index (χ2v) is 9.57. The van der Waals surface area contributed by atoms with Crippen LogP contribution in [0.4, 0.5) is 11.4 Å². The van der Waals surface area contributed by atoms with Crippen molar-refractivity contribution in [3.63, 3.8) is 0 Å². The molecule has 0 aliphatic carbocycles. The monoisotopic (exact) mass is 550 g/mol. The van der Waals surface area contributed by atoms with Gasteiger partial charge in [0, 0.05) is 11.4 Å². The van der Waals surface area contributed by atoms with E-state index in [1.807, 2.05) is 27.7 Å². The van der Waals surface area contributed by atoms with E-state index in [9.17, 15) is 9.59 Å². The van der Waals surface area contributed by atoms with Crippen molar-refractivity contribution < 1.29 is 15.1 Å². The van der Waals surface area contributed by atoms with Crippen LogP contribution in [0.2, 0.25) is 0 Å². The van der Waals surface area contributed by atoms with E-state index in [1.165, 1.54) is 11.1 Å². The Balaban J connectivity index is 0. The number of hydrogen-bond donors (Lipinski definition) is 2. The van der Waals surface area contributed by atoms with Crippen LogP contribution in [0.25, 0.3) is 0 Å². The Labute approximate surface area is 237 Å². The minimum absolute atomic E-state index is 0. The molecule has 0 saturated carbocycles. The summed E-state index contributed by atoms with van der Waals surface area (Å²) in [5, 5.41) is 6.05. The third kappa shape index (κ3) is 12.4. The number of amides is 2. The summed E-state index contributed by atoms with van der Waals surface area (Å²) in [6, 6.07) is 8.39. The summed E-state index contributed by atoms with van der Waals surface area (Å²) in [5.41, 5.74) is 8.87. The number of carbonyl (C=O) groups is 2. The zero-order valence-electron chi connectivity index (χ0n) is 25.2. The number of nitrogens with one attached hydrogen (secondary N) is 2. The first-order valence-electron chi connectivity index (χ1n) is 13.2. The van der Waals surface area contributed by atoms with Crippen molar-refractivity contribution >= 4 is 35.6 Å². The van der Waals surface area contributed by atoms with Gasteiger partial charge in [-0.2, -0.15) is 0 Å². The second-order valence-electron chi connectivity index (χ2n) is 9.57. The van der Waals surface area contributed by atoms with Gasteiger partial charge in [0.2, 0.25) is 11.8 Å². The number of hydrogen-bond acceptors (Lipinski definition) is 4. The lowest BCUT2D eigenvalue weighted by molar-refractivity contribution is -0.118. The normalized spacial score (nSPS) is 10.2. The summed E-state index contributed by atoms with van der Waals surface area (Å²) in [5.74, 6) is 0.127. The molecule has 8 heteroatoms. The molecule has 2 amide bonds.